The molecule has 0 aliphatic heterocycles. The first-order valence-corrected chi connectivity index (χ1v) is 16.9. The molecule has 0 saturated carbocycles. The second-order valence-corrected chi connectivity index (χ2v) is 11.6. The van der Waals surface area contributed by atoms with Crippen LogP contribution in [-0.2, 0) is 20.1 Å². The first-order valence-electron chi connectivity index (χ1n) is 16.9. The topological polar surface area (TPSA) is 83.3 Å². The van der Waals surface area contributed by atoms with Crippen LogP contribution in [0.4, 0.5) is 0 Å². The van der Waals surface area contributed by atoms with Crippen molar-refractivity contribution in [3.8, 4) is 34.3 Å². The van der Waals surface area contributed by atoms with E-state index in [-0.39, 0.29) is 20.1 Å². The van der Waals surface area contributed by atoms with Gasteiger partial charge in [0.25, 0.3) is 12.7 Å². The van der Waals surface area contributed by atoms with Crippen molar-refractivity contribution in [1.29, 1.82) is 0 Å². The van der Waals surface area contributed by atoms with Crippen molar-refractivity contribution in [2.45, 2.75) is 0 Å². The number of pyridine rings is 1. The molecule has 0 unspecified atom stereocenters. The number of benzene rings is 6. The predicted molar refractivity (Wildman–Crippen MR) is 201 cm³/mol. The number of fused-ring (bicyclic) bond motifs is 2. The van der Waals surface area contributed by atoms with Crippen molar-refractivity contribution >= 4 is 22.1 Å². The Balaban J connectivity index is 0.000000130. The molecule has 54 heavy (non-hydrogen) atoms. The van der Waals surface area contributed by atoms with E-state index in [1.807, 2.05) is 118 Å². The number of hydrogen-bond acceptors (Lipinski definition) is 4. The van der Waals surface area contributed by atoms with E-state index >= 15 is 0 Å². The van der Waals surface area contributed by atoms with Crippen molar-refractivity contribution in [2.75, 3.05) is 0 Å². The number of para-hydroxylation sites is 8. The molecule has 6 aromatic carbocycles. The third-order valence-electron chi connectivity index (χ3n) is 8.24. The Morgan fingerprint density at radius 3 is 1.43 bits per heavy atom. The van der Waals surface area contributed by atoms with E-state index in [2.05, 4.69) is 120 Å². The van der Waals surface area contributed by atoms with Gasteiger partial charge in [-0.3, -0.25) is 24.4 Å². The summed E-state index contributed by atoms with van der Waals surface area (Å²) in [6, 6.07) is 65.1. The van der Waals surface area contributed by atoms with E-state index in [1.165, 1.54) is 0 Å². The zero-order chi connectivity index (χ0) is 35.7. The molecule has 0 fully saturated rings. The standard InChI is InChI=1S/2C19H13N2.C6H4N5.Ir/c2*1-3-9-16(10-4-1)20-15-21(17-11-5-2-6-12-17)19-14-8-7-13-18(19)20;1-2-4-7-5(3-1)6-8-10-11-9-6;/h2*1-11,13-14H;1-4H;/q3*-1;. The van der Waals surface area contributed by atoms with Crippen molar-refractivity contribution in [3.05, 3.63) is 207 Å². The number of aromatic nitrogens is 9. The van der Waals surface area contributed by atoms with Crippen LogP contribution < -0.4 is 14.2 Å². The Kier molecular flexibility index (Phi) is 11.2. The number of imidazole rings is 2. The summed E-state index contributed by atoms with van der Waals surface area (Å²) >= 11 is 0. The van der Waals surface area contributed by atoms with Crippen LogP contribution in [0.1, 0.15) is 0 Å². The molecule has 0 amide bonds. The van der Waals surface area contributed by atoms with Gasteiger partial charge in [0, 0.05) is 26.3 Å². The molecule has 263 valence electrons. The molecule has 10 aromatic rings. The predicted octanol–water partition coefficient (Wildman–Crippen LogP) is 6.90. The quantitative estimate of drug-likeness (QED) is 0.139. The smallest absolute Gasteiger partial charge is 0.268 e. The maximum Gasteiger partial charge on any atom is 0.268 e. The normalized spacial score (nSPS) is 10.4. The van der Waals surface area contributed by atoms with E-state index < -0.39 is 0 Å². The van der Waals surface area contributed by atoms with Gasteiger partial charge in [-0.2, -0.15) is 65.9 Å². The Labute approximate surface area is 325 Å². The van der Waals surface area contributed by atoms with Gasteiger partial charge in [0.05, 0.1) is 45.0 Å². The molecule has 1 radical (unpaired) electrons. The fraction of sp³-hybridized carbons (Fsp3) is 0. The minimum atomic E-state index is 0. The summed E-state index contributed by atoms with van der Waals surface area (Å²) in [6.07, 6.45) is 8.52. The summed E-state index contributed by atoms with van der Waals surface area (Å²) in [7, 11) is 0. The zero-order valence-electron chi connectivity index (χ0n) is 28.7. The number of rotatable bonds is 5. The molecular formula is C44H30IrN9-3. The summed E-state index contributed by atoms with van der Waals surface area (Å²) in [4.78, 5) is 4.02. The molecule has 9 nitrogen and oxygen atoms in total. The Morgan fingerprint density at radius 2 is 0.981 bits per heavy atom. The first-order chi connectivity index (χ1) is 26.3. The maximum atomic E-state index is 4.02. The number of nitrogens with zero attached hydrogens (tertiary/aromatic N) is 9. The van der Waals surface area contributed by atoms with E-state index in [0.29, 0.717) is 11.5 Å². The molecule has 10 rings (SSSR count). The minimum Gasteiger partial charge on any atom is -0.329 e. The van der Waals surface area contributed by atoms with Gasteiger partial charge in [-0.25, -0.2) is 0 Å². The van der Waals surface area contributed by atoms with E-state index in [0.717, 1.165) is 44.8 Å². The molecule has 10 heteroatoms. The SMILES string of the molecule is [Ir].[c-]1ccccc1-n1[c-][n+](-c2ccccc2)c2ccccc21.[c-]1ccccc1-n1[c-][n+](-c2ccccc2)c2ccccc21.c1ccc(-c2nnn[n-]2)nc1. The first kappa shape index (κ1) is 35.5. The molecule has 0 N–H and O–H groups in total. The van der Waals surface area contributed by atoms with E-state index in [1.54, 1.807) is 12.3 Å². The van der Waals surface area contributed by atoms with Crippen molar-refractivity contribution in [3.63, 3.8) is 0 Å². The Hall–Kier alpha value is -6.87. The molecule has 4 heterocycles. The molecule has 0 atom stereocenters. The van der Waals surface area contributed by atoms with E-state index in [4.69, 9.17) is 0 Å². The van der Waals surface area contributed by atoms with Gasteiger partial charge in [0.15, 0.2) is 0 Å². The van der Waals surface area contributed by atoms with Gasteiger partial charge in [-0.15, -0.1) is 0 Å². The molecule has 0 saturated heterocycles. The van der Waals surface area contributed by atoms with Crippen LogP contribution in [0.25, 0.3) is 56.3 Å². The second-order valence-electron chi connectivity index (χ2n) is 11.6. The van der Waals surface area contributed by atoms with Crippen LogP contribution in [0.15, 0.2) is 182 Å². The third kappa shape index (κ3) is 7.80. The Morgan fingerprint density at radius 1 is 0.500 bits per heavy atom. The summed E-state index contributed by atoms with van der Waals surface area (Å²) in [5.74, 6) is 0.464. The van der Waals surface area contributed by atoms with Gasteiger partial charge in [-0.05, 0) is 47.8 Å². The number of tetrazole rings is 1. The van der Waals surface area contributed by atoms with Crippen LogP contribution in [0, 0.1) is 24.8 Å². The van der Waals surface area contributed by atoms with Gasteiger partial charge in [0.2, 0.25) is 0 Å². The summed E-state index contributed by atoms with van der Waals surface area (Å²) in [5, 5.41) is 14.0. The van der Waals surface area contributed by atoms with Crippen LogP contribution in [0.3, 0.4) is 0 Å². The second kappa shape index (κ2) is 17.1. The van der Waals surface area contributed by atoms with E-state index in [9.17, 15) is 0 Å². The summed E-state index contributed by atoms with van der Waals surface area (Å²) < 4.78 is 8.25. The summed E-state index contributed by atoms with van der Waals surface area (Å²) in [5.41, 5.74) is 9.35. The third-order valence-corrected chi connectivity index (χ3v) is 8.24. The molecule has 0 bridgehead atoms. The van der Waals surface area contributed by atoms with Crippen LogP contribution in [-0.4, -0.2) is 29.6 Å². The number of hydrogen-bond donors (Lipinski definition) is 0. The molecule has 0 aliphatic rings. The molecule has 0 spiro atoms. The molecule has 4 aromatic heterocycles. The molecule has 0 aliphatic carbocycles. The average Bonchev–Trinajstić information content (AvgIpc) is 4.02. The van der Waals surface area contributed by atoms with Gasteiger partial charge >= 0.3 is 0 Å². The zero-order valence-corrected chi connectivity index (χ0v) is 31.1. The Bertz CT molecular complexity index is 2350. The average molecular weight is 877 g/mol. The maximum absolute atomic E-state index is 4.02. The fourth-order valence-corrected chi connectivity index (χ4v) is 5.80. The molecular weight excluding hydrogens is 847 g/mol. The van der Waals surface area contributed by atoms with Gasteiger partial charge in [0.1, 0.15) is 0 Å². The van der Waals surface area contributed by atoms with Crippen molar-refractivity contribution < 1.29 is 29.2 Å². The largest absolute Gasteiger partial charge is 0.329 e. The van der Waals surface area contributed by atoms with Crippen molar-refractivity contribution in [1.82, 2.24) is 34.7 Å². The monoisotopic (exact) mass is 877 g/mol. The minimum absolute atomic E-state index is 0. The van der Waals surface area contributed by atoms with Crippen LogP contribution in [0.2, 0.25) is 0 Å². The fourth-order valence-electron chi connectivity index (χ4n) is 5.80. The van der Waals surface area contributed by atoms with Gasteiger partial charge in [-0.1, -0.05) is 91.0 Å². The summed E-state index contributed by atoms with van der Waals surface area (Å²) in [6.45, 7) is 0. The van der Waals surface area contributed by atoms with Gasteiger partial charge < -0.3 is 14.2 Å². The van der Waals surface area contributed by atoms with Crippen molar-refractivity contribution in [2.24, 2.45) is 0 Å². The van der Waals surface area contributed by atoms with Crippen LogP contribution in [0.5, 0.6) is 0 Å². The van der Waals surface area contributed by atoms with Crippen LogP contribution >= 0.6 is 0 Å².